The van der Waals surface area contributed by atoms with Gasteiger partial charge in [0.15, 0.2) is 5.78 Å². The Morgan fingerprint density at radius 3 is 2.14 bits per heavy atom. The van der Waals surface area contributed by atoms with Crippen molar-refractivity contribution >= 4 is 11.7 Å². The monoisotopic (exact) mass is 470 g/mol. The van der Waals surface area contributed by atoms with Crippen molar-refractivity contribution in [2.75, 3.05) is 39.3 Å². The second-order valence-electron chi connectivity index (χ2n) is 9.62. The molecule has 0 unspecified atom stereocenters. The van der Waals surface area contributed by atoms with Crippen LogP contribution in [0.2, 0.25) is 0 Å². The largest absolute Gasteiger partial charge is 0.352 e. The number of Topliss-reactive ketones (excluding diaryl/α,β-unsaturated/α-hetero) is 1. The zero-order valence-electron chi connectivity index (χ0n) is 20.5. The molecule has 2 aromatic carbocycles. The van der Waals surface area contributed by atoms with Gasteiger partial charge in [0, 0.05) is 52.4 Å². The van der Waals surface area contributed by atoms with Gasteiger partial charge in [-0.2, -0.15) is 0 Å². The number of aryl methyl sites for hydroxylation is 2. The van der Waals surface area contributed by atoms with Crippen LogP contribution in [0.25, 0.3) is 0 Å². The van der Waals surface area contributed by atoms with Crippen molar-refractivity contribution in [2.45, 2.75) is 25.3 Å². The van der Waals surface area contributed by atoms with Gasteiger partial charge in [-0.15, -0.1) is 0 Å². The summed E-state index contributed by atoms with van der Waals surface area (Å²) < 4.78 is 1.84. The quantitative estimate of drug-likeness (QED) is 0.572. The van der Waals surface area contributed by atoms with E-state index in [0.29, 0.717) is 24.2 Å². The van der Waals surface area contributed by atoms with Crippen LogP contribution in [0.1, 0.15) is 56.4 Å². The van der Waals surface area contributed by atoms with E-state index in [0.717, 1.165) is 51.1 Å². The van der Waals surface area contributed by atoms with E-state index < -0.39 is 0 Å². The van der Waals surface area contributed by atoms with E-state index in [2.05, 4.69) is 75.8 Å². The third kappa shape index (κ3) is 5.09. The zero-order chi connectivity index (χ0) is 24.2. The second-order valence-corrected chi connectivity index (χ2v) is 9.62. The number of benzene rings is 2. The number of amides is 1. The van der Waals surface area contributed by atoms with Crippen molar-refractivity contribution in [3.8, 4) is 0 Å². The predicted octanol–water partition coefficient (Wildman–Crippen LogP) is 3.68. The first kappa shape index (κ1) is 23.5. The van der Waals surface area contributed by atoms with Gasteiger partial charge in [0.05, 0.1) is 17.3 Å². The molecule has 3 heterocycles. The van der Waals surface area contributed by atoms with Gasteiger partial charge in [-0.05, 0) is 36.1 Å². The first-order valence-corrected chi connectivity index (χ1v) is 12.7. The Labute approximate surface area is 207 Å². The molecule has 0 radical (unpaired) electrons. The molecule has 1 amide bonds. The maximum Gasteiger partial charge on any atom is 0.253 e. The maximum absolute atomic E-state index is 12.6. The summed E-state index contributed by atoms with van der Waals surface area (Å²) in [5.41, 5.74) is 4.82. The molecule has 2 aliphatic rings. The predicted molar refractivity (Wildman–Crippen MR) is 138 cm³/mol. The summed E-state index contributed by atoms with van der Waals surface area (Å²) in [5, 5.41) is 2.88. The number of nitrogens with zero attached hydrogens (tertiary/aromatic N) is 3. The molecule has 35 heavy (non-hydrogen) atoms. The third-order valence-electron chi connectivity index (χ3n) is 7.31. The van der Waals surface area contributed by atoms with Gasteiger partial charge in [-0.1, -0.05) is 60.7 Å². The molecule has 1 aromatic heterocycles. The van der Waals surface area contributed by atoms with E-state index in [-0.39, 0.29) is 17.7 Å². The second kappa shape index (κ2) is 10.6. The average molecular weight is 471 g/mol. The number of hydrogen-bond donors (Lipinski definition) is 1. The minimum Gasteiger partial charge on any atom is -0.352 e. The SMILES string of the molecule is Cn1cc(CCCN2CCN(C(c3ccccc3)c3ccccc3)CC2)c2c1C(=O)CCNC2=O. The molecule has 3 aromatic rings. The smallest absolute Gasteiger partial charge is 0.253 e. The highest BCUT2D eigenvalue weighted by atomic mass is 16.2. The summed E-state index contributed by atoms with van der Waals surface area (Å²) in [4.78, 5) is 30.2. The third-order valence-corrected chi connectivity index (χ3v) is 7.31. The van der Waals surface area contributed by atoms with Crippen LogP contribution in [-0.4, -0.2) is 65.3 Å². The van der Waals surface area contributed by atoms with Crippen molar-refractivity contribution in [1.82, 2.24) is 19.7 Å². The molecule has 0 bridgehead atoms. The maximum atomic E-state index is 12.6. The fraction of sp³-hybridized carbons (Fsp3) is 0.379. The fourth-order valence-electron chi connectivity index (χ4n) is 5.59. The first-order valence-electron chi connectivity index (χ1n) is 12.7. The van der Waals surface area contributed by atoms with Gasteiger partial charge in [0.1, 0.15) is 0 Å². The highest BCUT2D eigenvalue weighted by molar-refractivity contribution is 6.09. The van der Waals surface area contributed by atoms with E-state index in [1.807, 2.05) is 17.8 Å². The minimum absolute atomic E-state index is 0.0506. The molecule has 6 heteroatoms. The summed E-state index contributed by atoms with van der Waals surface area (Å²) in [6.45, 7) is 5.51. The van der Waals surface area contributed by atoms with Gasteiger partial charge >= 0.3 is 0 Å². The molecule has 0 aliphatic carbocycles. The Morgan fingerprint density at radius 1 is 0.886 bits per heavy atom. The summed E-state index contributed by atoms with van der Waals surface area (Å²) >= 11 is 0. The van der Waals surface area contributed by atoms with Crippen LogP contribution in [0.4, 0.5) is 0 Å². The number of carbonyl (C=O) groups is 2. The Kier molecular flexibility index (Phi) is 7.11. The van der Waals surface area contributed by atoms with Crippen molar-refractivity contribution in [3.05, 3.63) is 94.8 Å². The van der Waals surface area contributed by atoms with Crippen LogP contribution < -0.4 is 5.32 Å². The molecule has 0 atom stereocenters. The van der Waals surface area contributed by atoms with E-state index in [4.69, 9.17) is 0 Å². The Balaban J connectivity index is 1.20. The number of hydrogen-bond acceptors (Lipinski definition) is 4. The molecule has 1 saturated heterocycles. The average Bonchev–Trinajstić information content (AvgIpc) is 3.13. The minimum atomic E-state index is -0.108. The van der Waals surface area contributed by atoms with Crippen LogP contribution in [0, 0.1) is 0 Å². The number of nitrogens with one attached hydrogen (secondary N) is 1. The molecule has 1 N–H and O–H groups in total. The lowest BCUT2D eigenvalue weighted by molar-refractivity contribution is 0.0954. The van der Waals surface area contributed by atoms with Crippen LogP contribution >= 0.6 is 0 Å². The van der Waals surface area contributed by atoms with E-state index in [9.17, 15) is 9.59 Å². The van der Waals surface area contributed by atoms with Crippen molar-refractivity contribution in [2.24, 2.45) is 7.05 Å². The highest BCUT2D eigenvalue weighted by Crippen LogP contribution is 2.29. The standard InChI is InChI=1S/C29H34N4O2/c1-31-21-24(26-28(31)25(34)14-15-30-29(26)35)13-8-16-32-17-19-33(20-18-32)27(22-9-4-2-5-10-22)23-11-6-3-7-12-23/h2-7,9-12,21,27H,8,13-20H2,1H3,(H,30,35). The summed E-state index contributed by atoms with van der Waals surface area (Å²) in [5.74, 6) is -0.0578. The fourth-order valence-corrected chi connectivity index (χ4v) is 5.59. The van der Waals surface area contributed by atoms with Gasteiger partial charge in [-0.3, -0.25) is 14.5 Å². The Morgan fingerprint density at radius 2 is 1.51 bits per heavy atom. The van der Waals surface area contributed by atoms with Crippen molar-refractivity contribution in [1.29, 1.82) is 0 Å². The lowest BCUT2D eigenvalue weighted by atomic mass is 9.96. The number of piperazine rings is 1. The Hall–Kier alpha value is -3.22. The zero-order valence-corrected chi connectivity index (χ0v) is 20.5. The topological polar surface area (TPSA) is 57.6 Å². The molecule has 0 spiro atoms. The molecular weight excluding hydrogens is 436 g/mol. The van der Waals surface area contributed by atoms with Gasteiger partial charge in [0.25, 0.3) is 5.91 Å². The summed E-state index contributed by atoms with van der Waals surface area (Å²) in [6.07, 6.45) is 4.11. The van der Waals surface area contributed by atoms with E-state index in [1.54, 1.807) is 0 Å². The van der Waals surface area contributed by atoms with Gasteiger partial charge < -0.3 is 14.8 Å². The van der Waals surface area contributed by atoms with Gasteiger partial charge in [0.2, 0.25) is 0 Å². The lowest BCUT2D eigenvalue weighted by Crippen LogP contribution is -2.48. The van der Waals surface area contributed by atoms with Crippen LogP contribution in [0.5, 0.6) is 0 Å². The van der Waals surface area contributed by atoms with Crippen molar-refractivity contribution in [3.63, 3.8) is 0 Å². The van der Waals surface area contributed by atoms with Crippen molar-refractivity contribution < 1.29 is 9.59 Å². The molecule has 5 rings (SSSR count). The normalized spacial score (nSPS) is 17.3. The van der Waals surface area contributed by atoms with E-state index in [1.165, 1.54) is 11.1 Å². The van der Waals surface area contributed by atoms with E-state index >= 15 is 0 Å². The molecule has 0 saturated carbocycles. The van der Waals surface area contributed by atoms with Crippen LogP contribution in [0.3, 0.4) is 0 Å². The Bertz CT molecular complexity index is 1120. The molecule has 1 fully saturated rings. The molecule has 2 aliphatic heterocycles. The lowest BCUT2D eigenvalue weighted by Gasteiger charge is -2.39. The summed E-state index contributed by atoms with van der Waals surface area (Å²) in [7, 11) is 1.87. The number of fused-ring (bicyclic) bond motifs is 1. The van der Waals surface area contributed by atoms with Gasteiger partial charge in [-0.25, -0.2) is 0 Å². The summed E-state index contributed by atoms with van der Waals surface area (Å²) in [6, 6.07) is 21.8. The first-order chi connectivity index (χ1) is 17.1. The van der Waals surface area contributed by atoms with Crippen LogP contribution in [0.15, 0.2) is 66.9 Å². The number of carbonyl (C=O) groups excluding carboxylic acids is 2. The van der Waals surface area contributed by atoms with Crippen LogP contribution in [-0.2, 0) is 13.5 Å². The highest BCUT2D eigenvalue weighted by Gasteiger charge is 2.29. The number of aromatic nitrogens is 1. The number of ketones is 1. The number of rotatable bonds is 7. The molecule has 6 nitrogen and oxygen atoms in total. The molecule has 182 valence electrons. The molecular formula is C29H34N4O2.